The van der Waals surface area contributed by atoms with E-state index in [1.54, 1.807) is 19.2 Å². The molecule has 0 unspecified atom stereocenters. The van der Waals surface area contributed by atoms with E-state index in [-0.39, 0.29) is 6.61 Å². The third kappa shape index (κ3) is 2.58. The SMILES string of the molecule is COc1ccccc1-c1onc(-c2ccc(Cl)cc2)c1CO. The van der Waals surface area contributed by atoms with Gasteiger partial charge in [-0.2, -0.15) is 0 Å². The maximum atomic E-state index is 9.76. The van der Waals surface area contributed by atoms with Gasteiger partial charge in [0.05, 0.1) is 24.8 Å². The van der Waals surface area contributed by atoms with Crippen LogP contribution in [-0.4, -0.2) is 17.4 Å². The number of halogens is 1. The van der Waals surface area contributed by atoms with Gasteiger partial charge in [0.1, 0.15) is 11.4 Å². The van der Waals surface area contributed by atoms with Gasteiger partial charge in [-0.3, -0.25) is 0 Å². The second kappa shape index (κ2) is 6.22. The van der Waals surface area contributed by atoms with Crippen molar-refractivity contribution >= 4 is 11.6 Å². The van der Waals surface area contributed by atoms with Crippen LogP contribution in [0.1, 0.15) is 5.56 Å². The summed E-state index contributed by atoms with van der Waals surface area (Å²) in [5.41, 5.74) is 2.80. The van der Waals surface area contributed by atoms with Crippen molar-refractivity contribution in [1.82, 2.24) is 5.16 Å². The molecule has 1 N–H and O–H groups in total. The maximum Gasteiger partial charge on any atom is 0.176 e. The molecule has 0 aliphatic rings. The van der Waals surface area contributed by atoms with E-state index in [0.717, 1.165) is 11.1 Å². The van der Waals surface area contributed by atoms with Crippen LogP contribution in [0.15, 0.2) is 53.1 Å². The fourth-order valence-corrected chi connectivity index (χ4v) is 2.46. The molecule has 0 saturated carbocycles. The minimum atomic E-state index is -0.186. The van der Waals surface area contributed by atoms with E-state index in [0.29, 0.717) is 27.8 Å². The predicted octanol–water partition coefficient (Wildman–Crippen LogP) is 4.16. The van der Waals surface area contributed by atoms with Crippen molar-refractivity contribution in [1.29, 1.82) is 0 Å². The summed E-state index contributed by atoms with van der Waals surface area (Å²) in [7, 11) is 1.59. The molecule has 0 aliphatic heterocycles. The molecule has 0 atom stereocenters. The summed E-state index contributed by atoms with van der Waals surface area (Å²) in [6.45, 7) is -0.186. The number of aromatic nitrogens is 1. The molecule has 3 rings (SSSR count). The summed E-state index contributed by atoms with van der Waals surface area (Å²) in [5, 5.41) is 14.5. The Morgan fingerprint density at radius 2 is 1.86 bits per heavy atom. The number of aliphatic hydroxyl groups excluding tert-OH is 1. The quantitative estimate of drug-likeness (QED) is 0.785. The monoisotopic (exact) mass is 315 g/mol. The second-order valence-electron chi connectivity index (χ2n) is 4.70. The average Bonchev–Trinajstić information content (AvgIpc) is 2.99. The molecule has 2 aromatic carbocycles. The Kier molecular flexibility index (Phi) is 4.13. The van der Waals surface area contributed by atoms with E-state index in [1.165, 1.54) is 0 Å². The maximum absolute atomic E-state index is 9.76. The van der Waals surface area contributed by atoms with Crippen molar-refractivity contribution in [3.05, 3.63) is 59.1 Å². The molecule has 0 aliphatic carbocycles. The number of ether oxygens (including phenoxy) is 1. The van der Waals surface area contributed by atoms with Crippen LogP contribution in [0.25, 0.3) is 22.6 Å². The number of aliphatic hydroxyl groups is 1. The first kappa shape index (κ1) is 14.6. The summed E-state index contributed by atoms with van der Waals surface area (Å²) in [5.74, 6) is 1.17. The highest BCUT2D eigenvalue weighted by atomic mass is 35.5. The van der Waals surface area contributed by atoms with Crippen molar-refractivity contribution < 1.29 is 14.4 Å². The summed E-state index contributed by atoms with van der Waals surface area (Å²) >= 11 is 5.90. The van der Waals surface area contributed by atoms with E-state index >= 15 is 0 Å². The minimum absolute atomic E-state index is 0.186. The van der Waals surface area contributed by atoms with Crippen LogP contribution in [0.3, 0.4) is 0 Å². The molecule has 112 valence electrons. The lowest BCUT2D eigenvalue weighted by Gasteiger charge is -2.06. The molecule has 5 heteroatoms. The van der Waals surface area contributed by atoms with Gasteiger partial charge in [0.2, 0.25) is 0 Å². The lowest BCUT2D eigenvalue weighted by Crippen LogP contribution is -1.91. The van der Waals surface area contributed by atoms with E-state index in [1.807, 2.05) is 36.4 Å². The molecule has 0 bridgehead atoms. The van der Waals surface area contributed by atoms with E-state index in [9.17, 15) is 5.11 Å². The van der Waals surface area contributed by atoms with Crippen molar-refractivity contribution in [3.63, 3.8) is 0 Å². The number of rotatable bonds is 4. The van der Waals surface area contributed by atoms with E-state index < -0.39 is 0 Å². The molecule has 4 nitrogen and oxygen atoms in total. The number of benzene rings is 2. The van der Waals surface area contributed by atoms with Crippen LogP contribution in [0.5, 0.6) is 5.75 Å². The zero-order valence-corrected chi connectivity index (χ0v) is 12.7. The average molecular weight is 316 g/mol. The highest BCUT2D eigenvalue weighted by molar-refractivity contribution is 6.30. The minimum Gasteiger partial charge on any atom is -0.496 e. The zero-order chi connectivity index (χ0) is 15.5. The number of hydrogen-bond donors (Lipinski definition) is 1. The number of methoxy groups -OCH3 is 1. The van der Waals surface area contributed by atoms with E-state index in [4.69, 9.17) is 20.9 Å². The predicted molar refractivity (Wildman–Crippen MR) is 84.9 cm³/mol. The van der Waals surface area contributed by atoms with Crippen LogP contribution in [0, 0.1) is 0 Å². The van der Waals surface area contributed by atoms with Crippen molar-refractivity contribution in [2.24, 2.45) is 0 Å². The van der Waals surface area contributed by atoms with Crippen LogP contribution >= 0.6 is 11.6 Å². The normalized spacial score (nSPS) is 10.7. The molecular formula is C17H14ClNO3. The van der Waals surface area contributed by atoms with Gasteiger partial charge in [0.25, 0.3) is 0 Å². The van der Waals surface area contributed by atoms with Crippen LogP contribution in [0.4, 0.5) is 0 Å². The summed E-state index contributed by atoms with van der Waals surface area (Å²) in [6, 6.07) is 14.7. The lowest BCUT2D eigenvalue weighted by molar-refractivity contribution is 0.281. The van der Waals surface area contributed by atoms with Gasteiger partial charge < -0.3 is 14.4 Å². The Bertz CT molecular complexity index is 781. The molecule has 0 radical (unpaired) electrons. The number of nitrogens with zero attached hydrogens (tertiary/aromatic N) is 1. The van der Waals surface area contributed by atoms with Gasteiger partial charge in [-0.25, -0.2) is 0 Å². The first-order valence-corrected chi connectivity index (χ1v) is 7.11. The number of hydrogen-bond acceptors (Lipinski definition) is 4. The van der Waals surface area contributed by atoms with Crippen LogP contribution in [0.2, 0.25) is 5.02 Å². The van der Waals surface area contributed by atoms with E-state index in [2.05, 4.69) is 5.16 Å². The number of para-hydroxylation sites is 1. The standard InChI is InChI=1S/C17H14ClNO3/c1-21-15-5-3-2-4-13(15)17-14(10-20)16(19-22-17)11-6-8-12(18)9-7-11/h2-9,20H,10H2,1H3. The third-order valence-corrected chi connectivity index (χ3v) is 3.67. The first-order valence-electron chi connectivity index (χ1n) is 6.73. The zero-order valence-electron chi connectivity index (χ0n) is 11.9. The Labute approximate surface area is 132 Å². The van der Waals surface area contributed by atoms with Gasteiger partial charge in [0.15, 0.2) is 5.76 Å². The van der Waals surface area contributed by atoms with Crippen molar-refractivity contribution in [2.45, 2.75) is 6.61 Å². The fraction of sp³-hybridized carbons (Fsp3) is 0.118. The molecule has 3 aromatic rings. The Balaban J connectivity index is 2.13. The van der Waals surface area contributed by atoms with Crippen molar-refractivity contribution in [3.8, 4) is 28.3 Å². The summed E-state index contributed by atoms with van der Waals surface area (Å²) < 4.78 is 10.8. The Morgan fingerprint density at radius 3 is 2.55 bits per heavy atom. The van der Waals surface area contributed by atoms with Gasteiger partial charge in [-0.05, 0) is 24.3 Å². The summed E-state index contributed by atoms with van der Waals surface area (Å²) in [6.07, 6.45) is 0. The third-order valence-electron chi connectivity index (χ3n) is 3.42. The van der Waals surface area contributed by atoms with Gasteiger partial charge >= 0.3 is 0 Å². The molecule has 0 spiro atoms. The second-order valence-corrected chi connectivity index (χ2v) is 5.14. The molecule has 0 amide bonds. The van der Waals surface area contributed by atoms with Crippen molar-refractivity contribution in [2.75, 3.05) is 7.11 Å². The Hall–Kier alpha value is -2.30. The molecule has 0 saturated heterocycles. The highest BCUT2D eigenvalue weighted by Crippen LogP contribution is 2.37. The van der Waals surface area contributed by atoms with Gasteiger partial charge in [0, 0.05) is 10.6 Å². The topological polar surface area (TPSA) is 55.5 Å². The first-order chi connectivity index (χ1) is 10.7. The smallest absolute Gasteiger partial charge is 0.176 e. The molecular weight excluding hydrogens is 302 g/mol. The van der Waals surface area contributed by atoms with Gasteiger partial charge in [-0.1, -0.05) is 41.0 Å². The van der Waals surface area contributed by atoms with Crippen LogP contribution < -0.4 is 4.74 Å². The molecule has 1 aromatic heterocycles. The fourth-order valence-electron chi connectivity index (χ4n) is 2.33. The highest BCUT2D eigenvalue weighted by Gasteiger charge is 2.20. The molecule has 1 heterocycles. The lowest BCUT2D eigenvalue weighted by atomic mass is 10.0. The van der Waals surface area contributed by atoms with Crippen LogP contribution in [-0.2, 0) is 6.61 Å². The van der Waals surface area contributed by atoms with Gasteiger partial charge in [-0.15, -0.1) is 0 Å². The largest absolute Gasteiger partial charge is 0.496 e. The molecule has 22 heavy (non-hydrogen) atoms. The Morgan fingerprint density at radius 1 is 1.14 bits per heavy atom. The molecule has 0 fully saturated rings. The summed E-state index contributed by atoms with van der Waals surface area (Å²) in [4.78, 5) is 0.